The average molecular weight is 436 g/mol. The van der Waals surface area contributed by atoms with Gasteiger partial charge in [0.1, 0.15) is 12.1 Å². The molecule has 0 aromatic heterocycles. The van der Waals surface area contributed by atoms with Crippen molar-refractivity contribution < 1.29 is 22.8 Å². The summed E-state index contributed by atoms with van der Waals surface area (Å²) < 4.78 is 30.7. The summed E-state index contributed by atoms with van der Waals surface area (Å²) in [6.07, 6.45) is -1.85. The third-order valence-electron chi connectivity index (χ3n) is 3.69. The summed E-state index contributed by atoms with van der Waals surface area (Å²) in [4.78, 5) is 3.01. The van der Waals surface area contributed by atoms with Gasteiger partial charge >= 0.3 is 0 Å². The molecule has 0 saturated carbocycles. The summed E-state index contributed by atoms with van der Waals surface area (Å²) >= 11 is 0. The predicted molar refractivity (Wildman–Crippen MR) is 114 cm³/mol. The highest BCUT2D eigenvalue weighted by molar-refractivity contribution is 6.70. The number of rotatable bonds is 9. The number of hydrogen-bond donors (Lipinski definition) is 0. The molecule has 1 saturated heterocycles. The lowest BCUT2D eigenvalue weighted by atomic mass is 9.98. The molecule has 1 aliphatic heterocycles. The second kappa shape index (κ2) is 9.51. The Morgan fingerprint density at radius 2 is 1.41 bits per heavy atom. The van der Waals surface area contributed by atoms with E-state index < -0.39 is 43.4 Å². The van der Waals surface area contributed by atoms with Gasteiger partial charge in [0, 0.05) is 12.0 Å². The Balaban J connectivity index is 3.29. The van der Waals surface area contributed by atoms with Crippen LogP contribution in [0.3, 0.4) is 0 Å². The van der Waals surface area contributed by atoms with Crippen molar-refractivity contribution in [1.29, 1.82) is 0 Å². The number of nitrogens with zero attached hydrogens (tertiary/aromatic N) is 3. The van der Waals surface area contributed by atoms with Crippen LogP contribution in [0.15, 0.2) is 5.11 Å². The standard InChI is InChI=1S/C16H37N3O5Si3/c1-20-16-13(18-19-17)15(24-27(8,9)10)14(23-26(5,6)7)12(22-16)11-21-25(2,3)4/h12-16H,11H2,1-10H3/t12-,13-,14+,15-,16?/m1/s1. The average Bonchev–Trinajstić information content (AvgIpc) is 2.46. The number of hydrogen-bond acceptors (Lipinski definition) is 6. The smallest absolute Gasteiger partial charge is 0.184 e. The maximum Gasteiger partial charge on any atom is 0.184 e. The highest BCUT2D eigenvalue weighted by atomic mass is 28.4. The molecule has 0 radical (unpaired) electrons. The molecule has 0 spiro atoms. The molecule has 0 aromatic rings. The van der Waals surface area contributed by atoms with Crippen molar-refractivity contribution in [2.45, 2.75) is 89.6 Å². The highest BCUT2D eigenvalue weighted by Crippen LogP contribution is 2.33. The first-order chi connectivity index (χ1) is 12.2. The lowest BCUT2D eigenvalue weighted by Crippen LogP contribution is -2.64. The van der Waals surface area contributed by atoms with Crippen molar-refractivity contribution >= 4 is 25.0 Å². The third kappa shape index (κ3) is 8.75. The fourth-order valence-electron chi connectivity index (χ4n) is 2.83. The Morgan fingerprint density at radius 1 is 0.889 bits per heavy atom. The zero-order chi connectivity index (χ0) is 21.0. The number of methoxy groups -OCH3 is 1. The molecule has 5 atom stereocenters. The SMILES string of the molecule is COC1O[C@H](CO[Si](C)(C)C)[C@H](O[Si](C)(C)C)[C@H](O[Si](C)(C)C)[C@H]1N=[N+]=[N-]. The van der Waals surface area contributed by atoms with Crippen molar-refractivity contribution in [3.8, 4) is 0 Å². The zero-order valence-corrected chi connectivity index (χ0v) is 21.5. The van der Waals surface area contributed by atoms with Gasteiger partial charge in [0.05, 0.1) is 18.8 Å². The van der Waals surface area contributed by atoms with Crippen molar-refractivity contribution in [3.63, 3.8) is 0 Å². The van der Waals surface area contributed by atoms with Gasteiger partial charge in [0.15, 0.2) is 31.2 Å². The topological polar surface area (TPSA) is 94.9 Å². The summed E-state index contributed by atoms with van der Waals surface area (Å²) in [5, 5.41) is 3.96. The van der Waals surface area contributed by atoms with E-state index in [4.69, 9.17) is 28.3 Å². The van der Waals surface area contributed by atoms with Gasteiger partial charge in [-0.05, 0) is 64.5 Å². The van der Waals surface area contributed by atoms with Gasteiger partial charge in [-0.1, -0.05) is 5.11 Å². The number of ether oxygens (including phenoxy) is 2. The maximum atomic E-state index is 9.09. The molecule has 0 amide bonds. The van der Waals surface area contributed by atoms with Crippen molar-refractivity contribution in [2.24, 2.45) is 5.11 Å². The van der Waals surface area contributed by atoms with Gasteiger partial charge in [-0.2, -0.15) is 0 Å². The van der Waals surface area contributed by atoms with Crippen LogP contribution >= 0.6 is 0 Å². The highest BCUT2D eigenvalue weighted by Gasteiger charge is 2.50. The lowest BCUT2D eigenvalue weighted by molar-refractivity contribution is -0.250. The Labute approximate surface area is 166 Å². The van der Waals surface area contributed by atoms with Crippen molar-refractivity contribution in [1.82, 2.24) is 0 Å². The van der Waals surface area contributed by atoms with Crippen LogP contribution < -0.4 is 0 Å². The van der Waals surface area contributed by atoms with Crippen LogP contribution in [0.2, 0.25) is 58.9 Å². The minimum Gasteiger partial charge on any atom is -0.415 e. The first-order valence-corrected chi connectivity index (χ1v) is 19.6. The van der Waals surface area contributed by atoms with Crippen molar-refractivity contribution in [3.05, 3.63) is 10.4 Å². The number of azide groups is 1. The van der Waals surface area contributed by atoms with E-state index >= 15 is 0 Å². The predicted octanol–water partition coefficient (Wildman–Crippen LogP) is 4.33. The van der Waals surface area contributed by atoms with E-state index in [1.807, 2.05) is 0 Å². The molecule has 1 aliphatic rings. The van der Waals surface area contributed by atoms with E-state index in [0.29, 0.717) is 6.61 Å². The molecular formula is C16H37N3O5Si3. The second-order valence-electron chi connectivity index (χ2n) is 9.79. The first-order valence-electron chi connectivity index (χ1n) is 9.39. The molecule has 0 bridgehead atoms. The fourth-order valence-corrected chi connectivity index (χ4v) is 5.68. The molecule has 8 nitrogen and oxygen atoms in total. The quantitative estimate of drug-likeness (QED) is 0.232. The van der Waals surface area contributed by atoms with E-state index in [0.717, 1.165) is 0 Å². The molecule has 1 rings (SSSR count). The van der Waals surface area contributed by atoms with E-state index in [9.17, 15) is 0 Å². The molecule has 1 fully saturated rings. The lowest BCUT2D eigenvalue weighted by Gasteiger charge is -2.48. The summed E-state index contributed by atoms with van der Waals surface area (Å²) in [5.41, 5.74) is 9.09. The van der Waals surface area contributed by atoms with Gasteiger partial charge in [-0.15, -0.1) is 0 Å². The Kier molecular flexibility index (Phi) is 8.73. The molecule has 158 valence electrons. The summed E-state index contributed by atoms with van der Waals surface area (Å²) in [6, 6.07) is -0.615. The molecule has 1 heterocycles. The maximum absolute atomic E-state index is 9.09. The summed E-state index contributed by atoms with van der Waals surface area (Å²) in [7, 11) is -4.08. The van der Waals surface area contributed by atoms with Gasteiger partial charge in [0.2, 0.25) is 0 Å². The van der Waals surface area contributed by atoms with E-state index in [2.05, 4.69) is 68.9 Å². The molecule has 0 N–H and O–H groups in total. The van der Waals surface area contributed by atoms with Gasteiger partial charge in [-0.25, -0.2) is 0 Å². The molecule has 1 unspecified atom stereocenters. The normalized spacial score (nSPS) is 30.1. The summed E-state index contributed by atoms with van der Waals surface area (Å²) in [6.45, 7) is 19.5. The van der Waals surface area contributed by atoms with Crippen LogP contribution in [0.4, 0.5) is 0 Å². The molecule has 0 aromatic carbocycles. The van der Waals surface area contributed by atoms with Crippen molar-refractivity contribution in [2.75, 3.05) is 13.7 Å². The largest absolute Gasteiger partial charge is 0.415 e. The minimum atomic E-state index is -1.96. The van der Waals surface area contributed by atoms with E-state index in [-0.39, 0.29) is 12.2 Å². The molecule has 11 heteroatoms. The molecular weight excluding hydrogens is 398 g/mol. The zero-order valence-electron chi connectivity index (χ0n) is 18.5. The molecule has 0 aliphatic carbocycles. The third-order valence-corrected chi connectivity index (χ3v) is 6.68. The van der Waals surface area contributed by atoms with Crippen LogP contribution in [0.1, 0.15) is 0 Å². The Hall–Kier alpha value is -0.239. The Morgan fingerprint density at radius 3 is 1.81 bits per heavy atom. The van der Waals surface area contributed by atoms with Gasteiger partial charge in [-0.3, -0.25) is 0 Å². The van der Waals surface area contributed by atoms with Crippen LogP contribution in [-0.2, 0) is 22.8 Å². The monoisotopic (exact) mass is 435 g/mol. The first kappa shape index (κ1) is 24.8. The van der Waals surface area contributed by atoms with Crippen LogP contribution in [-0.4, -0.2) is 69.3 Å². The van der Waals surface area contributed by atoms with Crippen LogP contribution in [0.5, 0.6) is 0 Å². The van der Waals surface area contributed by atoms with Crippen LogP contribution in [0.25, 0.3) is 10.4 Å². The molecule has 27 heavy (non-hydrogen) atoms. The minimum absolute atomic E-state index is 0.347. The Bertz CT molecular complexity index is 527. The fraction of sp³-hybridized carbons (Fsp3) is 1.00. The van der Waals surface area contributed by atoms with Crippen LogP contribution in [0, 0.1) is 0 Å². The van der Waals surface area contributed by atoms with Gasteiger partial charge < -0.3 is 22.8 Å². The second-order valence-corrected chi connectivity index (χ2v) is 23.2. The van der Waals surface area contributed by atoms with Gasteiger partial charge in [0.25, 0.3) is 0 Å². The van der Waals surface area contributed by atoms with E-state index in [1.54, 1.807) is 7.11 Å². The van der Waals surface area contributed by atoms with E-state index in [1.165, 1.54) is 0 Å². The summed E-state index contributed by atoms with van der Waals surface area (Å²) in [5.74, 6) is 0.